The normalized spacial score (nSPS) is 30.5. The number of ether oxygens (including phenoxy) is 5. The second-order valence-corrected chi connectivity index (χ2v) is 5.77. The van der Waals surface area contributed by atoms with Crippen molar-refractivity contribution in [3.63, 3.8) is 0 Å². The van der Waals surface area contributed by atoms with Gasteiger partial charge in [-0.05, 0) is 5.56 Å². The third kappa shape index (κ3) is 3.80. The Hall–Kier alpha value is -2.45. The number of benzene rings is 1. The van der Waals surface area contributed by atoms with Gasteiger partial charge in [0.1, 0.15) is 6.10 Å². The zero-order valence-electron chi connectivity index (χ0n) is 13.7. The first kappa shape index (κ1) is 17.4. The summed E-state index contributed by atoms with van der Waals surface area (Å²) < 4.78 is 26.8. The molecule has 2 aliphatic rings. The van der Waals surface area contributed by atoms with E-state index in [4.69, 9.17) is 23.7 Å². The largest absolute Gasteiger partial charge is 0.456 e. The minimum atomic E-state index is -1.11. The van der Waals surface area contributed by atoms with Crippen LogP contribution in [0.1, 0.15) is 19.4 Å². The molecule has 2 fully saturated rings. The van der Waals surface area contributed by atoms with Crippen LogP contribution in [0.4, 0.5) is 0 Å². The summed E-state index contributed by atoms with van der Waals surface area (Å²) in [5, 5.41) is 0. The van der Waals surface area contributed by atoms with Crippen LogP contribution in [-0.2, 0) is 44.7 Å². The van der Waals surface area contributed by atoms with Crippen molar-refractivity contribution in [3.8, 4) is 0 Å². The van der Waals surface area contributed by atoms with E-state index in [1.807, 2.05) is 30.3 Å². The summed E-state index contributed by atoms with van der Waals surface area (Å²) in [7, 11) is 0. The molecule has 0 saturated carbocycles. The topological polar surface area (TPSA) is 97.4 Å². The van der Waals surface area contributed by atoms with Crippen LogP contribution in [0.15, 0.2) is 30.3 Å². The van der Waals surface area contributed by atoms with E-state index in [0.29, 0.717) is 0 Å². The van der Waals surface area contributed by atoms with Crippen LogP contribution >= 0.6 is 0 Å². The van der Waals surface area contributed by atoms with E-state index in [2.05, 4.69) is 0 Å². The average molecular weight is 350 g/mol. The van der Waals surface area contributed by atoms with Crippen LogP contribution in [-0.4, -0.2) is 48.6 Å². The Morgan fingerprint density at radius 2 is 1.64 bits per heavy atom. The van der Waals surface area contributed by atoms with Crippen molar-refractivity contribution in [2.45, 2.75) is 51.2 Å². The molecule has 1 aromatic carbocycles. The molecule has 1 aromatic rings. The van der Waals surface area contributed by atoms with Gasteiger partial charge in [0.15, 0.2) is 18.3 Å². The van der Waals surface area contributed by atoms with Crippen molar-refractivity contribution in [2.24, 2.45) is 0 Å². The van der Waals surface area contributed by atoms with Crippen LogP contribution in [0.2, 0.25) is 0 Å². The molecular weight excluding hydrogens is 332 g/mol. The van der Waals surface area contributed by atoms with Gasteiger partial charge in [0.05, 0.1) is 6.61 Å². The molecule has 8 heteroatoms. The molecule has 134 valence electrons. The van der Waals surface area contributed by atoms with Gasteiger partial charge in [0.2, 0.25) is 6.29 Å². The highest BCUT2D eigenvalue weighted by Crippen LogP contribution is 2.35. The molecule has 2 heterocycles. The average Bonchev–Trinajstić information content (AvgIpc) is 2.90. The molecule has 0 aromatic heterocycles. The van der Waals surface area contributed by atoms with E-state index in [1.165, 1.54) is 13.8 Å². The van der Waals surface area contributed by atoms with E-state index in [-0.39, 0.29) is 6.61 Å². The molecule has 0 aliphatic carbocycles. The Labute approximate surface area is 143 Å². The van der Waals surface area contributed by atoms with Crippen LogP contribution in [0.25, 0.3) is 0 Å². The number of esters is 3. The number of carbonyl (C=O) groups excluding carboxylic acids is 3. The summed E-state index contributed by atoms with van der Waals surface area (Å²) in [6.45, 7) is 2.61. The van der Waals surface area contributed by atoms with Crippen molar-refractivity contribution in [3.05, 3.63) is 35.9 Å². The first-order valence-electron chi connectivity index (χ1n) is 7.81. The van der Waals surface area contributed by atoms with Crippen molar-refractivity contribution in [1.29, 1.82) is 0 Å². The van der Waals surface area contributed by atoms with Crippen molar-refractivity contribution in [2.75, 3.05) is 0 Å². The fraction of sp³-hybridized carbons (Fsp3) is 0.471. The minimum absolute atomic E-state index is 0.175. The molecule has 5 atom stereocenters. The van der Waals surface area contributed by atoms with E-state index in [9.17, 15) is 14.4 Å². The maximum absolute atomic E-state index is 12.0. The van der Waals surface area contributed by atoms with Gasteiger partial charge in [-0.2, -0.15) is 0 Å². The zero-order chi connectivity index (χ0) is 18.0. The van der Waals surface area contributed by atoms with Gasteiger partial charge in [-0.25, -0.2) is 4.79 Å². The molecule has 8 nitrogen and oxygen atoms in total. The number of carbonyl (C=O) groups is 3. The molecule has 2 bridgehead atoms. The summed E-state index contributed by atoms with van der Waals surface area (Å²) in [4.78, 5) is 34.8. The smallest absolute Gasteiger partial charge is 0.341 e. The van der Waals surface area contributed by atoms with Crippen molar-refractivity contribution >= 4 is 17.9 Å². The van der Waals surface area contributed by atoms with Gasteiger partial charge >= 0.3 is 17.9 Å². The van der Waals surface area contributed by atoms with Gasteiger partial charge in [-0.3, -0.25) is 9.59 Å². The SMILES string of the molecule is CC(=O)O[C@@H]1[C@H](OCc2ccccc2)[C@@H](OC(C)=O)[C@H]2OC(=O)[C@@H]1O2. The number of hydrogen-bond donors (Lipinski definition) is 0. The Kier molecular flexibility index (Phi) is 5.00. The van der Waals surface area contributed by atoms with Gasteiger partial charge < -0.3 is 23.7 Å². The highest BCUT2D eigenvalue weighted by atomic mass is 16.8. The molecule has 0 radical (unpaired) electrons. The van der Waals surface area contributed by atoms with E-state index in [0.717, 1.165) is 5.56 Å². The number of rotatable bonds is 5. The Bertz CT molecular complexity index is 658. The fourth-order valence-electron chi connectivity index (χ4n) is 2.87. The lowest BCUT2D eigenvalue weighted by atomic mass is 10.00. The second-order valence-electron chi connectivity index (χ2n) is 5.77. The maximum Gasteiger partial charge on any atom is 0.341 e. The maximum atomic E-state index is 12.0. The van der Waals surface area contributed by atoms with E-state index >= 15 is 0 Å². The van der Waals surface area contributed by atoms with Crippen LogP contribution in [0.5, 0.6) is 0 Å². The molecule has 25 heavy (non-hydrogen) atoms. The first-order chi connectivity index (χ1) is 12.0. The van der Waals surface area contributed by atoms with Gasteiger partial charge in [-0.15, -0.1) is 0 Å². The predicted octanol–water partition coefficient (Wildman–Crippen LogP) is 0.717. The second kappa shape index (κ2) is 7.20. The molecule has 0 amide bonds. The van der Waals surface area contributed by atoms with Gasteiger partial charge in [0, 0.05) is 13.8 Å². The molecule has 0 unspecified atom stereocenters. The molecule has 2 saturated heterocycles. The zero-order valence-corrected chi connectivity index (χ0v) is 13.7. The molecule has 3 rings (SSSR count). The first-order valence-corrected chi connectivity index (χ1v) is 7.81. The molecular formula is C17H18O8. The number of fused-ring (bicyclic) bond motifs is 2. The quantitative estimate of drug-likeness (QED) is 0.566. The standard InChI is InChI=1S/C17H18O8/c1-9(18)22-13-12(21-8-11-6-4-3-5-7-11)15(23-10(2)19)17-24-14(13)16(20)25-17/h3-7,12-15,17H,8H2,1-2H3/t12-,13+,14+,15+,17+/m0/s1. The Morgan fingerprint density at radius 3 is 2.28 bits per heavy atom. The summed E-state index contributed by atoms with van der Waals surface area (Å²) in [6.07, 6.45) is -5.20. The lowest BCUT2D eigenvalue weighted by Gasteiger charge is -2.37. The summed E-state index contributed by atoms with van der Waals surface area (Å²) >= 11 is 0. The lowest BCUT2D eigenvalue weighted by molar-refractivity contribution is -0.255. The summed E-state index contributed by atoms with van der Waals surface area (Å²) in [5.74, 6) is -1.88. The lowest BCUT2D eigenvalue weighted by Crippen LogP contribution is -2.58. The van der Waals surface area contributed by atoms with Gasteiger partial charge in [-0.1, -0.05) is 30.3 Å². The summed E-state index contributed by atoms with van der Waals surface area (Å²) in [6, 6.07) is 9.29. The van der Waals surface area contributed by atoms with Gasteiger partial charge in [0.25, 0.3) is 0 Å². The third-order valence-electron chi connectivity index (χ3n) is 3.85. The highest BCUT2D eigenvalue weighted by molar-refractivity contribution is 5.79. The highest BCUT2D eigenvalue weighted by Gasteiger charge is 2.59. The fourth-order valence-corrected chi connectivity index (χ4v) is 2.87. The number of hydrogen-bond acceptors (Lipinski definition) is 8. The molecule has 0 spiro atoms. The van der Waals surface area contributed by atoms with Crippen LogP contribution in [0, 0.1) is 0 Å². The Balaban J connectivity index is 1.84. The predicted molar refractivity (Wildman–Crippen MR) is 80.9 cm³/mol. The van der Waals surface area contributed by atoms with Crippen LogP contribution < -0.4 is 0 Å². The van der Waals surface area contributed by atoms with E-state index < -0.39 is 48.6 Å². The summed E-state index contributed by atoms with van der Waals surface area (Å²) in [5.41, 5.74) is 0.872. The monoisotopic (exact) mass is 350 g/mol. The molecule has 2 aliphatic heterocycles. The minimum Gasteiger partial charge on any atom is -0.456 e. The van der Waals surface area contributed by atoms with Crippen molar-refractivity contribution < 1.29 is 38.1 Å². The third-order valence-corrected chi connectivity index (χ3v) is 3.85. The van der Waals surface area contributed by atoms with Crippen molar-refractivity contribution in [1.82, 2.24) is 0 Å². The Morgan fingerprint density at radius 1 is 1.00 bits per heavy atom. The van der Waals surface area contributed by atoms with Crippen LogP contribution in [0.3, 0.4) is 0 Å². The van der Waals surface area contributed by atoms with E-state index in [1.54, 1.807) is 0 Å². The molecule has 0 N–H and O–H groups in total.